The first-order valence-corrected chi connectivity index (χ1v) is 5.37. The molecule has 2 nitrogen and oxygen atoms in total. The molecule has 0 aromatic heterocycles. The first-order valence-electron chi connectivity index (χ1n) is 5.37. The average Bonchev–Trinajstić information content (AvgIpc) is 2.38. The Bertz CT molecular complexity index is 603. The summed E-state index contributed by atoms with van der Waals surface area (Å²) >= 11 is 0. The molecule has 0 bridgehead atoms. The number of anilines is 1. The molecule has 2 rings (SSSR count). The second kappa shape index (κ2) is 5.28. The van der Waals surface area contributed by atoms with E-state index in [-0.39, 0.29) is 17.9 Å². The predicted octanol–water partition coefficient (Wildman–Crippen LogP) is 3.45. The molecule has 1 N–H and O–H groups in total. The molecule has 0 fully saturated rings. The SMILES string of the molecule is N#Cc1cccc(CNc2cccc(F)c2)c1F. The molecule has 0 spiro atoms. The summed E-state index contributed by atoms with van der Waals surface area (Å²) in [5, 5.41) is 11.6. The topological polar surface area (TPSA) is 35.8 Å². The van der Waals surface area contributed by atoms with Gasteiger partial charge >= 0.3 is 0 Å². The number of halogens is 2. The van der Waals surface area contributed by atoms with Gasteiger partial charge in [-0.05, 0) is 24.3 Å². The highest BCUT2D eigenvalue weighted by molar-refractivity contribution is 5.44. The lowest BCUT2D eigenvalue weighted by atomic mass is 10.1. The normalized spacial score (nSPS) is 9.83. The first kappa shape index (κ1) is 12.1. The van der Waals surface area contributed by atoms with E-state index in [4.69, 9.17) is 5.26 Å². The van der Waals surface area contributed by atoms with Crippen LogP contribution in [0, 0.1) is 23.0 Å². The van der Waals surface area contributed by atoms with Crippen molar-refractivity contribution in [1.82, 2.24) is 0 Å². The van der Waals surface area contributed by atoms with Gasteiger partial charge < -0.3 is 5.32 Å². The van der Waals surface area contributed by atoms with Gasteiger partial charge in [-0.15, -0.1) is 0 Å². The Morgan fingerprint density at radius 3 is 2.61 bits per heavy atom. The van der Waals surface area contributed by atoms with Crippen molar-refractivity contribution in [3.8, 4) is 6.07 Å². The summed E-state index contributed by atoms with van der Waals surface area (Å²) in [4.78, 5) is 0. The first-order chi connectivity index (χ1) is 8.70. The number of nitrogens with one attached hydrogen (secondary N) is 1. The third-order valence-electron chi connectivity index (χ3n) is 2.51. The highest BCUT2D eigenvalue weighted by Crippen LogP contribution is 2.15. The Kier molecular flexibility index (Phi) is 3.54. The van der Waals surface area contributed by atoms with Crippen molar-refractivity contribution in [2.24, 2.45) is 0 Å². The third-order valence-corrected chi connectivity index (χ3v) is 2.51. The summed E-state index contributed by atoms with van der Waals surface area (Å²) < 4.78 is 26.7. The Labute approximate surface area is 103 Å². The molecule has 0 saturated carbocycles. The smallest absolute Gasteiger partial charge is 0.145 e. The molecule has 0 aliphatic rings. The van der Waals surface area contributed by atoms with Crippen LogP contribution in [0.25, 0.3) is 0 Å². The lowest BCUT2D eigenvalue weighted by molar-refractivity contribution is 0.609. The third kappa shape index (κ3) is 2.64. The number of benzene rings is 2. The number of hydrogen-bond donors (Lipinski definition) is 1. The van der Waals surface area contributed by atoms with Crippen molar-refractivity contribution in [3.05, 3.63) is 65.2 Å². The van der Waals surface area contributed by atoms with Crippen molar-refractivity contribution < 1.29 is 8.78 Å². The fourth-order valence-electron chi connectivity index (χ4n) is 1.60. The molecule has 0 aliphatic carbocycles. The lowest BCUT2D eigenvalue weighted by Crippen LogP contribution is -2.03. The molecule has 4 heteroatoms. The standard InChI is InChI=1S/C14H10F2N2/c15-12-5-2-6-13(7-12)18-9-11-4-1-3-10(8-17)14(11)16/h1-7,18H,9H2. The Morgan fingerprint density at radius 2 is 1.89 bits per heavy atom. The van der Waals surface area contributed by atoms with Crippen LogP contribution >= 0.6 is 0 Å². The second-order valence-electron chi connectivity index (χ2n) is 3.75. The van der Waals surface area contributed by atoms with Gasteiger partial charge in [-0.3, -0.25) is 0 Å². The number of hydrogen-bond acceptors (Lipinski definition) is 2. The van der Waals surface area contributed by atoms with Gasteiger partial charge in [0.2, 0.25) is 0 Å². The molecule has 0 heterocycles. The monoisotopic (exact) mass is 244 g/mol. The van der Waals surface area contributed by atoms with Crippen LogP contribution in [0.5, 0.6) is 0 Å². The van der Waals surface area contributed by atoms with E-state index < -0.39 is 5.82 Å². The number of nitriles is 1. The molecule has 0 amide bonds. The van der Waals surface area contributed by atoms with E-state index in [0.717, 1.165) is 0 Å². The highest BCUT2D eigenvalue weighted by atomic mass is 19.1. The van der Waals surface area contributed by atoms with Gasteiger partial charge in [-0.1, -0.05) is 18.2 Å². The summed E-state index contributed by atoms with van der Waals surface area (Å²) in [5.74, 6) is -0.893. The maximum atomic E-state index is 13.7. The predicted molar refractivity (Wildman–Crippen MR) is 64.8 cm³/mol. The zero-order valence-electron chi connectivity index (χ0n) is 9.45. The summed E-state index contributed by atoms with van der Waals surface area (Å²) in [6.07, 6.45) is 0. The van der Waals surface area contributed by atoms with Gasteiger partial charge in [-0.25, -0.2) is 8.78 Å². The van der Waals surface area contributed by atoms with E-state index in [9.17, 15) is 8.78 Å². The van der Waals surface area contributed by atoms with E-state index in [1.165, 1.54) is 18.2 Å². The molecule has 0 radical (unpaired) electrons. The fourth-order valence-corrected chi connectivity index (χ4v) is 1.60. The van der Waals surface area contributed by atoms with E-state index in [1.54, 1.807) is 30.3 Å². The quantitative estimate of drug-likeness (QED) is 0.897. The van der Waals surface area contributed by atoms with Crippen molar-refractivity contribution in [2.45, 2.75) is 6.54 Å². The molecule has 0 aliphatic heterocycles. The molecular weight excluding hydrogens is 234 g/mol. The van der Waals surface area contributed by atoms with Gasteiger partial charge in [-0.2, -0.15) is 5.26 Å². The van der Waals surface area contributed by atoms with Crippen LogP contribution in [0.2, 0.25) is 0 Å². The summed E-state index contributed by atoms with van der Waals surface area (Å²) in [5.41, 5.74) is 0.948. The minimum absolute atomic E-state index is 0.00791. The molecule has 2 aromatic carbocycles. The van der Waals surface area contributed by atoms with Crippen LogP contribution in [-0.4, -0.2) is 0 Å². The largest absolute Gasteiger partial charge is 0.381 e. The molecule has 18 heavy (non-hydrogen) atoms. The molecular formula is C14H10F2N2. The van der Waals surface area contributed by atoms with Gasteiger partial charge in [0, 0.05) is 17.8 Å². The lowest BCUT2D eigenvalue weighted by Gasteiger charge is -2.08. The van der Waals surface area contributed by atoms with Gasteiger partial charge in [0.05, 0.1) is 5.56 Å². The molecule has 0 atom stereocenters. The van der Waals surface area contributed by atoms with Crippen LogP contribution in [-0.2, 0) is 6.54 Å². The van der Waals surface area contributed by atoms with E-state index >= 15 is 0 Å². The zero-order chi connectivity index (χ0) is 13.0. The zero-order valence-corrected chi connectivity index (χ0v) is 9.45. The minimum Gasteiger partial charge on any atom is -0.381 e. The van der Waals surface area contributed by atoms with Crippen LogP contribution in [0.15, 0.2) is 42.5 Å². The van der Waals surface area contributed by atoms with Crippen LogP contribution in [0.1, 0.15) is 11.1 Å². The molecule has 0 unspecified atom stereocenters. The number of nitrogens with zero attached hydrogens (tertiary/aromatic N) is 1. The minimum atomic E-state index is -0.538. The van der Waals surface area contributed by atoms with Crippen molar-refractivity contribution in [2.75, 3.05) is 5.32 Å². The molecule has 0 saturated heterocycles. The highest BCUT2D eigenvalue weighted by Gasteiger charge is 2.07. The Balaban J connectivity index is 2.14. The van der Waals surface area contributed by atoms with Crippen molar-refractivity contribution in [3.63, 3.8) is 0 Å². The van der Waals surface area contributed by atoms with Crippen LogP contribution in [0.3, 0.4) is 0 Å². The van der Waals surface area contributed by atoms with Crippen molar-refractivity contribution in [1.29, 1.82) is 5.26 Å². The van der Waals surface area contributed by atoms with E-state index in [2.05, 4.69) is 5.32 Å². The Hall–Kier alpha value is -2.41. The maximum absolute atomic E-state index is 13.7. The summed E-state index contributed by atoms with van der Waals surface area (Å²) in [6, 6.07) is 12.3. The van der Waals surface area contributed by atoms with Crippen LogP contribution in [0.4, 0.5) is 14.5 Å². The summed E-state index contributed by atoms with van der Waals surface area (Å²) in [7, 11) is 0. The van der Waals surface area contributed by atoms with E-state index in [0.29, 0.717) is 11.3 Å². The van der Waals surface area contributed by atoms with Gasteiger partial charge in [0.15, 0.2) is 0 Å². The fraction of sp³-hybridized carbons (Fsp3) is 0.0714. The van der Waals surface area contributed by atoms with E-state index in [1.807, 2.05) is 0 Å². The average molecular weight is 244 g/mol. The molecule has 90 valence electrons. The Morgan fingerprint density at radius 1 is 1.11 bits per heavy atom. The van der Waals surface area contributed by atoms with Gasteiger partial charge in [0.1, 0.15) is 17.7 Å². The molecule has 2 aromatic rings. The number of rotatable bonds is 3. The second-order valence-corrected chi connectivity index (χ2v) is 3.75. The maximum Gasteiger partial charge on any atom is 0.145 e. The van der Waals surface area contributed by atoms with Crippen LogP contribution < -0.4 is 5.32 Å². The summed E-state index contributed by atoms with van der Waals surface area (Å²) in [6.45, 7) is 0.199. The van der Waals surface area contributed by atoms with Crippen molar-refractivity contribution >= 4 is 5.69 Å². The van der Waals surface area contributed by atoms with Gasteiger partial charge in [0.25, 0.3) is 0 Å².